The van der Waals surface area contributed by atoms with Crippen LogP contribution in [0.5, 0.6) is 0 Å². The lowest BCUT2D eigenvalue weighted by Gasteiger charge is -2.07. The van der Waals surface area contributed by atoms with Gasteiger partial charge in [-0.25, -0.2) is 4.39 Å². The van der Waals surface area contributed by atoms with Crippen LogP contribution in [-0.2, 0) is 4.84 Å². The van der Waals surface area contributed by atoms with Gasteiger partial charge in [-0.3, -0.25) is 15.3 Å². The number of rotatable bonds is 3. The Morgan fingerprint density at radius 3 is 2.43 bits per heavy atom. The summed E-state index contributed by atoms with van der Waals surface area (Å²) < 4.78 is 13.0. The third kappa shape index (κ3) is 2.83. The molecule has 0 saturated heterocycles. The van der Waals surface area contributed by atoms with Gasteiger partial charge in [-0.1, -0.05) is 36.4 Å². The van der Waals surface area contributed by atoms with Gasteiger partial charge in [-0.05, 0) is 29.3 Å². The summed E-state index contributed by atoms with van der Waals surface area (Å²) in [6.45, 7) is 1.73. The third-order valence-corrected chi connectivity index (χ3v) is 3.96. The molecule has 2 heterocycles. The van der Waals surface area contributed by atoms with E-state index in [0.717, 1.165) is 41.3 Å². The molecule has 1 unspecified atom stereocenters. The molecule has 0 saturated carbocycles. The molecule has 2 aliphatic rings. The Morgan fingerprint density at radius 2 is 1.74 bits per heavy atom. The second kappa shape index (κ2) is 5.85. The molecule has 2 aromatic rings. The minimum atomic E-state index is -0.247. The van der Waals surface area contributed by atoms with Crippen LogP contribution < -0.4 is 10.8 Å². The highest BCUT2D eigenvalue weighted by Gasteiger charge is 2.19. The highest BCUT2D eigenvalue weighted by molar-refractivity contribution is 5.99. The van der Waals surface area contributed by atoms with Gasteiger partial charge in [0.2, 0.25) is 0 Å². The van der Waals surface area contributed by atoms with Crippen LogP contribution in [-0.4, -0.2) is 18.9 Å². The summed E-state index contributed by atoms with van der Waals surface area (Å²) in [5, 5.41) is 3.26. The van der Waals surface area contributed by atoms with E-state index >= 15 is 0 Å². The second-order valence-corrected chi connectivity index (χ2v) is 5.51. The molecule has 4 rings (SSSR count). The fourth-order valence-electron chi connectivity index (χ4n) is 2.72. The SMILES string of the molecule is Fc1ccc(C2C=C(c3ccc(C4=NCCN4)cc3)NO2)cc1. The van der Waals surface area contributed by atoms with E-state index in [9.17, 15) is 4.39 Å². The van der Waals surface area contributed by atoms with Gasteiger partial charge in [0.1, 0.15) is 17.8 Å². The van der Waals surface area contributed by atoms with Crippen LogP contribution in [0.1, 0.15) is 22.8 Å². The molecular weight excluding hydrogens is 293 g/mol. The molecule has 0 aliphatic carbocycles. The summed E-state index contributed by atoms with van der Waals surface area (Å²) in [6, 6.07) is 14.5. The topological polar surface area (TPSA) is 45.7 Å². The van der Waals surface area contributed by atoms with Gasteiger partial charge in [0, 0.05) is 12.1 Å². The Balaban J connectivity index is 1.54. The number of nitrogens with zero attached hydrogens (tertiary/aromatic N) is 1. The molecule has 0 bridgehead atoms. The number of aliphatic imine (C=N–C) groups is 1. The average molecular weight is 309 g/mol. The van der Waals surface area contributed by atoms with Crippen molar-refractivity contribution in [1.82, 2.24) is 10.8 Å². The quantitative estimate of drug-likeness (QED) is 0.916. The molecule has 0 amide bonds. The number of halogens is 1. The molecule has 4 nitrogen and oxygen atoms in total. The van der Waals surface area contributed by atoms with Crippen LogP contribution in [0.3, 0.4) is 0 Å². The van der Waals surface area contributed by atoms with E-state index in [1.165, 1.54) is 12.1 Å². The summed E-state index contributed by atoms with van der Waals surface area (Å²) in [5.41, 5.74) is 6.89. The largest absolute Gasteiger partial charge is 0.368 e. The molecule has 2 aliphatic heterocycles. The summed E-state index contributed by atoms with van der Waals surface area (Å²) in [6.07, 6.45) is 1.78. The predicted octanol–water partition coefficient (Wildman–Crippen LogP) is 2.79. The van der Waals surface area contributed by atoms with Crippen molar-refractivity contribution in [2.75, 3.05) is 13.1 Å². The first-order valence-electron chi connectivity index (χ1n) is 7.58. The number of benzene rings is 2. The van der Waals surface area contributed by atoms with E-state index in [1.54, 1.807) is 12.1 Å². The molecule has 5 heteroatoms. The third-order valence-electron chi connectivity index (χ3n) is 3.96. The van der Waals surface area contributed by atoms with E-state index in [4.69, 9.17) is 4.84 Å². The number of hydroxylamine groups is 1. The number of hydrogen-bond donors (Lipinski definition) is 2. The second-order valence-electron chi connectivity index (χ2n) is 5.51. The van der Waals surface area contributed by atoms with Crippen molar-refractivity contribution in [2.24, 2.45) is 4.99 Å². The molecule has 0 aromatic heterocycles. The van der Waals surface area contributed by atoms with Crippen molar-refractivity contribution in [3.63, 3.8) is 0 Å². The van der Waals surface area contributed by atoms with Crippen molar-refractivity contribution in [1.29, 1.82) is 0 Å². The Hall–Kier alpha value is -2.66. The molecule has 116 valence electrons. The van der Waals surface area contributed by atoms with Gasteiger partial charge in [0.15, 0.2) is 0 Å². The van der Waals surface area contributed by atoms with Crippen LogP contribution in [0.2, 0.25) is 0 Å². The van der Waals surface area contributed by atoms with Crippen LogP contribution in [0.4, 0.5) is 4.39 Å². The molecule has 2 aromatic carbocycles. The summed E-state index contributed by atoms with van der Waals surface area (Å²) in [4.78, 5) is 9.99. The minimum absolute atomic E-state index is 0.217. The zero-order valence-electron chi connectivity index (χ0n) is 12.4. The van der Waals surface area contributed by atoms with Gasteiger partial charge >= 0.3 is 0 Å². The molecule has 2 N–H and O–H groups in total. The van der Waals surface area contributed by atoms with Crippen LogP contribution in [0, 0.1) is 5.82 Å². The molecule has 0 radical (unpaired) electrons. The highest BCUT2D eigenvalue weighted by atomic mass is 19.1. The van der Waals surface area contributed by atoms with Crippen molar-refractivity contribution < 1.29 is 9.23 Å². The number of nitrogens with one attached hydrogen (secondary N) is 2. The predicted molar refractivity (Wildman–Crippen MR) is 87.2 cm³/mol. The van der Waals surface area contributed by atoms with Crippen molar-refractivity contribution in [3.05, 3.63) is 77.1 Å². The van der Waals surface area contributed by atoms with E-state index in [-0.39, 0.29) is 11.9 Å². The summed E-state index contributed by atoms with van der Waals surface area (Å²) in [5.74, 6) is 0.702. The van der Waals surface area contributed by atoms with Crippen molar-refractivity contribution in [3.8, 4) is 0 Å². The Bertz CT molecular complexity index is 766. The van der Waals surface area contributed by atoms with Crippen molar-refractivity contribution >= 4 is 11.5 Å². The minimum Gasteiger partial charge on any atom is -0.368 e. The average Bonchev–Trinajstić information content (AvgIpc) is 3.28. The maximum Gasteiger partial charge on any atom is 0.131 e. The zero-order chi connectivity index (χ0) is 15.6. The lowest BCUT2D eigenvalue weighted by atomic mass is 10.1. The van der Waals surface area contributed by atoms with Gasteiger partial charge in [0.25, 0.3) is 0 Å². The summed E-state index contributed by atoms with van der Waals surface area (Å²) >= 11 is 0. The van der Waals surface area contributed by atoms with Crippen LogP contribution in [0.25, 0.3) is 5.70 Å². The lowest BCUT2D eigenvalue weighted by Crippen LogP contribution is -2.19. The zero-order valence-corrected chi connectivity index (χ0v) is 12.4. The first kappa shape index (κ1) is 14.0. The standard InChI is InChI=1S/C18H16FN3O/c19-15-7-5-13(6-8-15)17-11-16(22-23-17)12-1-3-14(4-2-12)18-20-9-10-21-18/h1-8,11,17,22H,9-10H2,(H,20,21). The maximum absolute atomic E-state index is 13.0. The lowest BCUT2D eigenvalue weighted by molar-refractivity contribution is 0.0510. The Labute approximate surface area is 133 Å². The Kier molecular flexibility index (Phi) is 3.55. The fourth-order valence-corrected chi connectivity index (χ4v) is 2.72. The number of amidine groups is 1. The van der Waals surface area contributed by atoms with Crippen molar-refractivity contribution in [2.45, 2.75) is 6.10 Å². The smallest absolute Gasteiger partial charge is 0.131 e. The molecule has 0 spiro atoms. The van der Waals surface area contributed by atoms with E-state index in [0.29, 0.717) is 0 Å². The van der Waals surface area contributed by atoms with E-state index in [1.807, 2.05) is 30.3 Å². The highest BCUT2D eigenvalue weighted by Crippen LogP contribution is 2.28. The number of hydrogen-bond acceptors (Lipinski definition) is 4. The van der Waals surface area contributed by atoms with Gasteiger partial charge < -0.3 is 5.32 Å². The Morgan fingerprint density at radius 1 is 1.00 bits per heavy atom. The van der Waals surface area contributed by atoms with Gasteiger partial charge in [-0.2, -0.15) is 0 Å². The maximum atomic E-state index is 13.0. The first-order chi connectivity index (χ1) is 11.3. The molecule has 0 fully saturated rings. The van der Waals surface area contributed by atoms with Crippen LogP contribution >= 0.6 is 0 Å². The van der Waals surface area contributed by atoms with E-state index in [2.05, 4.69) is 15.8 Å². The first-order valence-corrected chi connectivity index (χ1v) is 7.58. The normalized spacial score (nSPS) is 19.8. The van der Waals surface area contributed by atoms with Gasteiger partial charge in [0.05, 0.1) is 12.2 Å². The summed E-state index contributed by atoms with van der Waals surface area (Å²) in [7, 11) is 0. The van der Waals surface area contributed by atoms with Crippen LogP contribution in [0.15, 0.2) is 59.6 Å². The monoisotopic (exact) mass is 309 g/mol. The van der Waals surface area contributed by atoms with E-state index < -0.39 is 0 Å². The molecule has 1 atom stereocenters. The van der Waals surface area contributed by atoms with Gasteiger partial charge in [-0.15, -0.1) is 0 Å². The molecular formula is C18H16FN3O. The molecule has 23 heavy (non-hydrogen) atoms. The fraction of sp³-hybridized carbons (Fsp3) is 0.167.